The minimum absolute atomic E-state index is 0.0249. The van der Waals surface area contributed by atoms with Crippen molar-refractivity contribution in [3.05, 3.63) is 65.5 Å². The number of sulfonamides is 1. The lowest BCUT2D eigenvalue weighted by Crippen LogP contribution is -2.46. The Morgan fingerprint density at radius 1 is 0.970 bits per heavy atom. The molecule has 0 spiro atoms. The molecule has 1 fully saturated rings. The van der Waals surface area contributed by atoms with Gasteiger partial charge in [0, 0.05) is 18.7 Å². The lowest BCUT2D eigenvalue weighted by molar-refractivity contribution is -0.129. The molecular formula is C22H24FN3O6S. The van der Waals surface area contributed by atoms with Crippen molar-refractivity contribution in [2.75, 3.05) is 13.1 Å². The van der Waals surface area contributed by atoms with Gasteiger partial charge in [-0.05, 0) is 62.2 Å². The van der Waals surface area contributed by atoms with E-state index in [0.717, 1.165) is 31.4 Å². The minimum Gasteiger partial charge on any atom is -0.449 e. The van der Waals surface area contributed by atoms with Gasteiger partial charge < -0.3 is 4.74 Å². The number of nitrogens with zero attached hydrogens (tertiary/aromatic N) is 1. The van der Waals surface area contributed by atoms with E-state index in [9.17, 15) is 27.2 Å². The van der Waals surface area contributed by atoms with Crippen LogP contribution in [0.5, 0.6) is 0 Å². The molecule has 9 nitrogen and oxygen atoms in total. The zero-order chi connectivity index (χ0) is 24.0. The fourth-order valence-electron chi connectivity index (χ4n) is 3.21. The summed E-state index contributed by atoms with van der Waals surface area (Å²) in [6.45, 7) is 2.15. The Hall–Kier alpha value is -3.31. The maximum Gasteiger partial charge on any atom is 0.338 e. The second kappa shape index (κ2) is 10.5. The zero-order valence-electron chi connectivity index (χ0n) is 17.9. The summed E-state index contributed by atoms with van der Waals surface area (Å²) in [6, 6.07) is 10.1. The first-order valence-electron chi connectivity index (χ1n) is 10.4. The van der Waals surface area contributed by atoms with E-state index in [1.54, 1.807) is 0 Å². The van der Waals surface area contributed by atoms with Gasteiger partial charge in [0.2, 0.25) is 10.0 Å². The molecule has 1 aliphatic heterocycles. The first-order chi connectivity index (χ1) is 15.7. The Morgan fingerprint density at radius 2 is 1.64 bits per heavy atom. The largest absolute Gasteiger partial charge is 0.449 e. The van der Waals surface area contributed by atoms with Crippen LogP contribution in [0.1, 0.15) is 46.9 Å². The monoisotopic (exact) mass is 477 g/mol. The highest BCUT2D eigenvalue weighted by atomic mass is 32.2. The molecule has 1 atom stereocenters. The molecule has 2 N–H and O–H groups in total. The van der Waals surface area contributed by atoms with Gasteiger partial charge in [-0.15, -0.1) is 0 Å². The molecule has 2 amide bonds. The number of carbonyl (C=O) groups is 3. The maximum atomic E-state index is 12.9. The van der Waals surface area contributed by atoms with Crippen molar-refractivity contribution in [1.29, 1.82) is 0 Å². The van der Waals surface area contributed by atoms with Crippen molar-refractivity contribution in [3.63, 3.8) is 0 Å². The SMILES string of the molecule is C[C@H](OC(=O)c1cccc(S(=O)(=O)N2CCCCC2)c1)C(=O)NNC(=O)c1ccc(F)cc1. The van der Waals surface area contributed by atoms with E-state index in [1.165, 1.54) is 47.6 Å². The van der Waals surface area contributed by atoms with Gasteiger partial charge in [-0.2, -0.15) is 4.31 Å². The second-order valence-electron chi connectivity index (χ2n) is 7.49. The summed E-state index contributed by atoms with van der Waals surface area (Å²) in [5.41, 5.74) is 4.35. The van der Waals surface area contributed by atoms with Crippen molar-refractivity contribution in [1.82, 2.24) is 15.2 Å². The fourth-order valence-corrected chi connectivity index (χ4v) is 4.78. The van der Waals surface area contributed by atoms with Gasteiger partial charge in [0.25, 0.3) is 11.8 Å². The van der Waals surface area contributed by atoms with Crippen LogP contribution in [0.15, 0.2) is 53.4 Å². The molecule has 0 aliphatic carbocycles. The summed E-state index contributed by atoms with van der Waals surface area (Å²) in [5, 5.41) is 0. The molecular weight excluding hydrogens is 453 g/mol. The molecule has 0 radical (unpaired) electrons. The quantitative estimate of drug-likeness (QED) is 0.485. The van der Waals surface area contributed by atoms with Crippen LogP contribution in [-0.2, 0) is 19.6 Å². The summed E-state index contributed by atoms with van der Waals surface area (Å²) < 4.78 is 45.1. The van der Waals surface area contributed by atoms with Gasteiger partial charge in [0.05, 0.1) is 10.5 Å². The second-order valence-corrected chi connectivity index (χ2v) is 9.43. The van der Waals surface area contributed by atoms with Crippen LogP contribution in [0.2, 0.25) is 0 Å². The van der Waals surface area contributed by atoms with Crippen LogP contribution in [0, 0.1) is 5.82 Å². The van der Waals surface area contributed by atoms with E-state index in [0.29, 0.717) is 13.1 Å². The molecule has 176 valence electrons. The lowest BCUT2D eigenvalue weighted by atomic mass is 10.2. The van der Waals surface area contributed by atoms with Crippen LogP contribution >= 0.6 is 0 Å². The number of piperidine rings is 1. The van der Waals surface area contributed by atoms with Gasteiger partial charge in [0.1, 0.15) is 5.82 Å². The number of ether oxygens (including phenoxy) is 1. The van der Waals surface area contributed by atoms with Crippen LogP contribution < -0.4 is 10.9 Å². The molecule has 33 heavy (non-hydrogen) atoms. The van der Waals surface area contributed by atoms with Gasteiger partial charge in [0.15, 0.2) is 6.10 Å². The highest BCUT2D eigenvalue weighted by Gasteiger charge is 2.27. The van der Waals surface area contributed by atoms with Crippen LogP contribution in [-0.4, -0.2) is 49.7 Å². The minimum atomic E-state index is -3.73. The topological polar surface area (TPSA) is 122 Å². The summed E-state index contributed by atoms with van der Waals surface area (Å²) >= 11 is 0. The standard InChI is InChI=1S/C22H24FN3O6S/c1-15(20(27)24-25-21(28)16-8-10-18(23)11-9-16)32-22(29)17-6-5-7-19(14-17)33(30,31)26-12-3-2-4-13-26/h5-11,14-15H,2-4,12-13H2,1H3,(H,24,27)(H,25,28)/t15-/m0/s1. The van der Waals surface area contributed by atoms with E-state index in [4.69, 9.17) is 4.74 Å². The first-order valence-corrected chi connectivity index (χ1v) is 11.8. The Balaban J connectivity index is 1.58. The molecule has 0 unspecified atom stereocenters. The molecule has 0 aromatic heterocycles. The maximum absolute atomic E-state index is 12.9. The molecule has 1 heterocycles. The number of rotatable bonds is 6. The van der Waals surface area contributed by atoms with Gasteiger partial charge in [-0.1, -0.05) is 12.5 Å². The summed E-state index contributed by atoms with van der Waals surface area (Å²) in [4.78, 5) is 36.6. The highest BCUT2D eigenvalue weighted by molar-refractivity contribution is 7.89. The molecule has 2 aromatic carbocycles. The molecule has 0 bridgehead atoms. The Labute approximate surface area is 190 Å². The number of hydrogen-bond donors (Lipinski definition) is 2. The van der Waals surface area contributed by atoms with Gasteiger partial charge in [-0.25, -0.2) is 17.6 Å². The lowest BCUT2D eigenvalue weighted by Gasteiger charge is -2.26. The van der Waals surface area contributed by atoms with Crippen molar-refractivity contribution in [3.8, 4) is 0 Å². The third-order valence-electron chi connectivity index (χ3n) is 5.08. The van der Waals surface area contributed by atoms with Gasteiger partial charge in [-0.3, -0.25) is 20.4 Å². The van der Waals surface area contributed by atoms with Crippen LogP contribution in [0.25, 0.3) is 0 Å². The number of hydrazine groups is 1. The third kappa shape index (κ3) is 6.14. The van der Waals surface area contributed by atoms with E-state index in [1.807, 2.05) is 0 Å². The van der Waals surface area contributed by atoms with E-state index < -0.39 is 39.7 Å². The predicted octanol–water partition coefficient (Wildman–Crippen LogP) is 2.01. The summed E-state index contributed by atoms with van der Waals surface area (Å²) in [5.74, 6) is -2.89. The Bertz CT molecular complexity index is 1130. The Morgan fingerprint density at radius 3 is 2.30 bits per heavy atom. The summed E-state index contributed by atoms with van der Waals surface area (Å²) in [6.07, 6.45) is 1.26. The summed E-state index contributed by atoms with van der Waals surface area (Å²) in [7, 11) is -3.73. The average Bonchev–Trinajstić information content (AvgIpc) is 2.83. The number of nitrogens with one attached hydrogen (secondary N) is 2. The average molecular weight is 478 g/mol. The van der Waals surface area contributed by atoms with E-state index in [2.05, 4.69) is 10.9 Å². The van der Waals surface area contributed by atoms with Crippen LogP contribution in [0.4, 0.5) is 4.39 Å². The van der Waals surface area contributed by atoms with E-state index in [-0.39, 0.29) is 16.0 Å². The molecule has 1 aliphatic rings. The molecule has 0 saturated carbocycles. The third-order valence-corrected chi connectivity index (χ3v) is 6.98. The smallest absolute Gasteiger partial charge is 0.338 e. The van der Waals surface area contributed by atoms with E-state index >= 15 is 0 Å². The molecule has 2 aromatic rings. The number of benzene rings is 2. The molecule has 11 heteroatoms. The van der Waals surface area contributed by atoms with Crippen molar-refractivity contribution < 1.29 is 31.9 Å². The fraction of sp³-hybridized carbons (Fsp3) is 0.318. The first kappa shape index (κ1) is 24.3. The Kier molecular flexibility index (Phi) is 7.77. The number of amides is 2. The molecule has 3 rings (SSSR count). The molecule has 1 saturated heterocycles. The normalized spacial score (nSPS) is 15.3. The number of hydrogen-bond acceptors (Lipinski definition) is 6. The highest BCUT2D eigenvalue weighted by Crippen LogP contribution is 2.21. The van der Waals surface area contributed by atoms with Crippen molar-refractivity contribution in [2.45, 2.75) is 37.2 Å². The van der Waals surface area contributed by atoms with Crippen molar-refractivity contribution >= 4 is 27.8 Å². The van der Waals surface area contributed by atoms with Gasteiger partial charge >= 0.3 is 5.97 Å². The van der Waals surface area contributed by atoms with Crippen LogP contribution in [0.3, 0.4) is 0 Å². The number of esters is 1. The van der Waals surface area contributed by atoms with Crippen molar-refractivity contribution in [2.24, 2.45) is 0 Å². The predicted molar refractivity (Wildman–Crippen MR) is 116 cm³/mol. The number of carbonyl (C=O) groups excluding carboxylic acids is 3. The number of halogens is 1. The zero-order valence-corrected chi connectivity index (χ0v) is 18.7.